The lowest BCUT2D eigenvalue weighted by molar-refractivity contribution is -0.116. The number of amides is 1. The molecule has 0 radical (unpaired) electrons. The van der Waals surface area contributed by atoms with Gasteiger partial charge in [-0.3, -0.25) is 4.79 Å². The standard InChI is InChI=1S/C20H24N2O3S2/c1-15(17-7-4-3-5-8-17)14-21-27(24,25)18-9-10-20-19(13-18)22(16(2)23)11-6-12-26-20/h3-5,7-10,13,15,21H,6,11-12,14H2,1-2H3/t15-/m0/s1. The molecule has 0 bridgehead atoms. The second-order valence-corrected chi connectivity index (χ2v) is 9.57. The van der Waals surface area contributed by atoms with Crippen molar-refractivity contribution >= 4 is 33.4 Å². The molecule has 2 aromatic carbocycles. The van der Waals surface area contributed by atoms with Crippen LogP contribution >= 0.6 is 11.8 Å². The van der Waals surface area contributed by atoms with Crippen molar-refractivity contribution in [3.05, 3.63) is 54.1 Å². The van der Waals surface area contributed by atoms with Gasteiger partial charge in [0.15, 0.2) is 0 Å². The lowest BCUT2D eigenvalue weighted by atomic mass is 10.0. The summed E-state index contributed by atoms with van der Waals surface area (Å²) in [6.45, 7) is 4.43. The Labute approximate surface area is 165 Å². The highest BCUT2D eigenvalue weighted by Crippen LogP contribution is 2.35. The summed E-state index contributed by atoms with van der Waals surface area (Å²) < 4.78 is 28.3. The maximum absolute atomic E-state index is 12.8. The van der Waals surface area contributed by atoms with E-state index < -0.39 is 10.0 Å². The number of sulfonamides is 1. The van der Waals surface area contributed by atoms with Gasteiger partial charge in [0.05, 0.1) is 10.6 Å². The zero-order valence-electron chi connectivity index (χ0n) is 15.5. The number of nitrogens with zero attached hydrogens (tertiary/aromatic N) is 1. The van der Waals surface area contributed by atoms with E-state index in [1.165, 1.54) is 6.92 Å². The molecule has 2 aromatic rings. The summed E-state index contributed by atoms with van der Waals surface area (Å²) in [5, 5.41) is 0. The molecule has 0 saturated carbocycles. The van der Waals surface area contributed by atoms with E-state index in [-0.39, 0.29) is 16.7 Å². The largest absolute Gasteiger partial charge is 0.311 e. The summed E-state index contributed by atoms with van der Waals surface area (Å²) in [5.41, 5.74) is 1.77. The van der Waals surface area contributed by atoms with E-state index in [1.54, 1.807) is 34.9 Å². The van der Waals surface area contributed by atoms with Crippen LogP contribution in [0, 0.1) is 0 Å². The zero-order chi connectivity index (χ0) is 19.4. The second-order valence-electron chi connectivity index (χ2n) is 6.67. The average Bonchev–Trinajstić information content (AvgIpc) is 2.88. The minimum Gasteiger partial charge on any atom is -0.311 e. The Kier molecular flexibility index (Phi) is 6.24. The van der Waals surface area contributed by atoms with Crippen molar-refractivity contribution in [2.75, 3.05) is 23.7 Å². The van der Waals surface area contributed by atoms with Crippen molar-refractivity contribution < 1.29 is 13.2 Å². The molecule has 144 valence electrons. The Morgan fingerprint density at radius 1 is 1.22 bits per heavy atom. The van der Waals surface area contributed by atoms with Crippen LogP contribution in [0.3, 0.4) is 0 Å². The van der Waals surface area contributed by atoms with Crippen LogP contribution in [-0.4, -0.2) is 33.2 Å². The quantitative estimate of drug-likeness (QED) is 0.827. The van der Waals surface area contributed by atoms with Crippen LogP contribution in [0.1, 0.15) is 31.7 Å². The molecule has 1 amide bonds. The lowest BCUT2D eigenvalue weighted by Crippen LogP contribution is -2.30. The van der Waals surface area contributed by atoms with E-state index in [9.17, 15) is 13.2 Å². The molecule has 27 heavy (non-hydrogen) atoms. The Balaban J connectivity index is 1.81. The monoisotopic (exact) mass is 404 g/mol. The van der Waals surface area contributed by atoms with E-state index in [4.69, 9.17) is 0 Å². The maximum Gasteiger partial charge on any atom is 0.240 e. The van der Waals surface area contributed by atoms with Crippen LogP contribution in [0.4, 0.5) is 5.69 Å². The molecule has 0 saturated heterocycles. The topological polar surface area (TPSA) is 66.5 Å². The van der Waals surface area contributed by atoms with Crippen molar-refractivity contribution in [2.45, 2.75) is 36.0 Å². The van der Waals surface area contributed by atoms with Crippen molar-refractivity contribution in [3.63, 3.8) is 0 Å². The molecule has 0 unspecified atom stereocenters. The summed E-state index contributed by atoms with van der Waals surface area (Å²) >= 11 is 1.66. The fraction of sp³-hybridized carbons (Fsp3) is 0.350. The molecule has 1 aliphatic heterocycles. The van der Waals surface area contributed by atoms with E-state index in [2.05, 4.69) is 4.72 Å². The molecule has 5 nitrogen and oxygen atoms in total. The van der Waals surface area contributed by atoms with Gasteiger partial charge in [0, 0.05) is 24.9 Å². The SMILES string of the molecule is CC(=O)N1CCCSc2ccc(S(=O)(=O)NC[C@H](C)c3ccccc3)cc21. The van der Waals surface area contributed by atoms with Crippen molar-refractivity contribution in [2.24, 2.45) is 0 Å². The minimum atomic E-state index is -3.66. The molecule has 3 rings (SSSR count). The van der Waals surface area contributed by atoms with Crippen LogP contribution < -0.4 is 9.62 Å². The van der Waals surface area contributed by atoms with Gasteiger partial charge in [-0.1, -0.05) is 37.3 Å². The third-order valence-electron chi connectivity index (χ3n) is 4.64. The fourth-order valence-electron chi connectivity index (χ4n) is 3.07. The third-order valence-corrected chi connectivity index (χ3v) is 7.21. The first kappa shape index (κ1) is 19.9. The van der Waals surface area contributed by atoms with E-state index in [1.807, 2.05) is 37.3 Å². The molecule has 0 aliphatic carbocycles. The predicted molar refractivity (Wildman–Crippen MR) is 110 cm³/mol. The summed E-state index contributed by atoms with van der Waals surface area (Å²) in [4.78, 5) is 14.8. The summed E-state index contributed by atoms with van der Waals surface area (Å²) in [6.07, 6.45) is 0.883. The Hall–Kier alpha value is -1.83. The number of carbonyl (C=O) groups excluding carboxylic acids is 1. The van der Waals surface area contributed by atoms with Crippen molar-refractivity contribution in [1.29, 1.82) is 0 Å². The first-order valence-corrected chi connectivity index (χ1v) is 11.4. The highest BCUT2D eigenvalue weighted by Gasteiger charge is 2.23. The van der Waals surface area contributed by atoms with Gasteiger partial charge in [-0.25, -0.2) is 13.1 Å². The summed E-state index contributed by atoms with van der Waals surface area (Å²) in [7, 11) is -3.66. The Bertz CT molecular complexity index is 914. The van der Waals surface area contributed by atoms with Crippen molar-refractivity contribution in [3.8, 4) is 0 Å². The van der Waals surface area contributed by atoms with E-state index in [0.717, 1.165) is 22.6 Å². The number of rotatable bonds is 5. The molecule has 1 atom stereocenters. The van der Waals surface area contributed by atoms with Crippen LogP contribution in [0.2, 0.25) is 0 Å². The van der Waals surface area contributed by atoms with Crippen LogP contribution in [0.25, 0.3) is 0 Å². The summed E-state index contributed by atoms with van der Waals surface area (Å²) in [6, 6.07) is 14.8. The molecular formula is C20H24N2O3S2. The third kappa shape index (κ3) is 4.72. The molecule has 0 spiro atoms. The Morgan fingerprint density at radius 2 is 1.96 bits per heavy atom. The molecule has 0 fully saturated rings. The number of fused-ring (bicyclic) bond motifs is 1. The van der Waals surface area contributed by atoms with Gasteiger partial charge in [0.25, 0.3) is 0 Å². The number of benzene rings is 2. The molecule has 1 N–H and O–H groups in total. The van der Waals surface area contributed by atoms with Gasteiger partial charge in [0.2, 0.25) is 15.9 Å². The van der Waals surface area contributed by atoms with Crippen LogP contribution in [-0.2, 0) is 14.8 Å². The number of nitrogens with one attached hydrogen (secondary N) is 1. The normalized spacial score (nSPS) is 15.7. The van der Waals surface area contributed by atoms with Crippen LogP contribution in [0.5, 0.6) is 0 Å². The first-order chi connectivity index (χ1) is 12.9. The molecule has 7 heteroatoms. The van der Waals surface area contributed by atoms with Gasteiger partial charge in [-0.2, -0.15) is 0 Å². The zero-order valence-corrected chi connectivity index (χ0v) is 17.1. The van der Waals surface area contributed by atoms with Crippen LogP contribution in [0.15, 0.2) is 58.3 Å². The number of hydrogen-bond acceptors (Lipinski definition) is 4. The average molecular weight is 405 g/mol. The number of hydrogen-bond donors (Lipinski definition) is 1. The van der Waals surface area contributed by atoms with Crippen molar-refractivity contribution in [1.82, 2.24) is 4.72 Å². The summed E-state index contributed by atoms with van der Waals surface area (Å²) in [5.74, 6) is 0.903. The highest BCUT2D eigenvalue weighted by molar-refractivity contribution is 7.99. The second kappa shape index (κ2) is 8.46. The number of thioether (sulfide) groups is 1. The highest BCUT2D eigenvalue weighted by atomic mass is 32.2. The number of anilines is 1. The maximum atomic E-state index is 12.8. The van der Waals surface area contributed by atoms with Gasteiger partial charge in [-0.05, 0) is 41.9 Å². The minimum absolute atomic E-state index is 0.0612. The first-order valence-electron chi connectivity index (χ1n) is 8.98. The lowest BCUT2D eigenvalue weighted by Gasteiger charge is -2.21. The fourth-order valence-corrected chi connectivity index (χ4v) is 5.19. The smallest absolute Gasteiger partial charge is 0.240 e. The molecular weight excluding hydrogens is 380 g/mol. The van der Waals surface area contributed by atoms with E-state index >= 15 is 0 Å². The van der Waals surface area contributed by atoms with E-state index in [0.29, 0.717) is 18.8 Å². The predicted octanol–water partition coefficient (Wildman–Crippen LogP) is 3.62. The van der Waals surface area contributed by atoms with Gasteiger partial charge < -0.3 is 4.90 Å². The van der Waals surface area contributed by atoms with Gasteiger partial charge in [0.1, 0.15) is 0 Å². The van der Waals surface area contributed by atoms with Gasteiger partial charge in [-0.15, -0.1) is 11.8 Å². The molecule has 0 aromatic heterocycles. The molecule has 1 heterocycles. The number of carbonyl (C=O) groups is 1. The molecule has 1 aliphatic rings. The Morgan fingerprint density at radius 3 is 2.67 bits per heavy atom. The van der Waals surface area contributed by atoms with Gasteiger partial charge >= 0.3 is 0 Å².